The Kier molecular flexibility index (Phi) is 7.56. The topological polar surface area (TPSA) is 96.3 Å². The molecular formula is C19H27NO6. The third-order valence-corrected chi connectivity index (χ3v) is 4.73. The number of hydrogen-bond acceptors (Lipinski definition) is 6. The molecule has 0 radical (unpaired) electrons. The molecule has 2 N–H and O–H groups in total. The molecule has 0 saturated carbocycles. The van der Waals surface area contributed by atoms with Crippen molar-refractivity contribution in [1.82, 2.24) is 4.90 Å². The summed E-state index contributed by atoms with van der Waals surface area (Å²) in [7, 11) is 0. The van der Waals surface area contributed by atoms with Gasteiger partial charge in [-0.25, -0.2) is 4.79 Å². The summed E-state index contributed by atoms with van der Waals surface area (Å²) in [6.07, 6.45) is 0.479. The molecular weight excluding hydrogens is 338 g/mol. The standard InChI is InChI=1S/C19H27NO6/c1-15(17(22)26-12-16-6-3-2-4-7-16)25-11-5-9-20-10-8-19(13-20,14-21)18(23)24/h2-4,6-7,15,21H,5,8-14H2,1H3,(H,23,24). The zero-order valence-electron chi connectivity index (χ0n) is 15.1. The number of aliphatic hydroxyl groups is 1. The van der Waals surface area contributed by atoms with Gasteiger partial charge in [0.05, 0.1) is 6.61 Å². The van der Waals surface area contributed by atoms with Gasteiger partial charge in [0.2, 0.25) is 0 Å². The van der Waals surface area contributed by atoms with Crippen molar-refractivity contribution in [1.29, 1.82) is 0 Å². The van der Waals surface area contributed by atoms with Gasteiger partial charge < -0.3 is 24.6 Å². The number of likely N-dealkylation sites (tertiary alicyclic amines) is 1. The Bertz CT molecular complexity index is 593. The van der Waals surface area contributed by atoms with Crippen molar-refractivity contribution >= 4 is 11.9 Å². The Labute approximate surface area is 153 Å². The smallest absolute Gasteiger partial charge is 0.335 e. The highest BCUT2D eigenvalue weighted by molar-refractivity contribution is 5.75. The average molecular weight is 365 g/mol. The summed E-state index contributed by atoms with van der Waals surface area (Å²) in [6.45, 7) is 3.57. The van der Waals surface area contributed by atoms with Crippen LogP contribution in [0.4, 0.5) is 0 Å². The molecule has 26 heavy (non-hydrogen) atoms. The van der Waals surface area contributed by atoms with E-state index in [9.17, 15) is 19.8 Å². The average Bonchev–Trinajstić information content (AvgIpc) is 3.09. The normalized spacial score (nSPS) is 21.5. The first-order valence-electron chi connectivity index (χ1n) is 8.85. The van der Waals surface area contributed by atoms with Gasteiger partial charge in [-0.1, -0.05) is 30.3 Å². The van der Waals surface area contributed by atoms with E-state index in [0.717, 1.165) is 5.56 Å². The quantitative estimate of drug-likeness (QED) is 0.476. The van der Waals surface area contributed by atoms with Gasteiger partial charge in [0.1, 0.15) is 12.0 Å². The summed E-state index contributed by atoms with van der Waals surface area (Å²) in [5, 5.41) is 18.6. The number of carboxylic acid groups (broad SMARTS) is 1. The Morgan fingerprint density at radius 3 is 2.65 bits per heavy atom. The first kappa shape index (κ1) is 20.4. The number of benzene rings is 1. The molecule has 0 spiro atoms. The Balaban J connectivity index is 1.62. The molecule has 0 amide bonds. The SMILES string of the molecule is CC(OCCCN1CCC(CO)(C(=O)O)C1)C(=O)OCc1ccccc1. The van der Waals surface area contributed by atoms with Crippen molar-refractivity contribution in [2.45, 2.75) is 32.5 Å². The maximum atomic E-state index is 11.9. The highest BCUT2D eigenvalue weighted by atomic mass is 16.6. The molecule has 2 rings (SSSR count). The van der Waals surface area contributed by atoms with E-state index >= 15 is 0 Å². The van der Waals surface area contributed by atoms with Crippen LogP contribution >= 0.6 is 0 Å². The highest BCUT2D eigenvalue weighted by Gasteiger charge is 2.44. The van der Waals surface area contributed by atoms with Gasteiger partial charge in [0, 0.05) is 19.7 Å². The lowest BCUT2D eigenvalue weighted by Crippen LogP contribution is -2.38. The second-order valence-corrected chi connectivity index (χ2v) is 6.73. The molecule has 1 aromatic carbocycles. The second-order valence-electron chi connectivity index (χ2n) is 6.73. The van der Waals surface area contributed by atoms with Crippen LogP contribution in [0.1, 0.15) is 25.3 Å². The third-order valence-electron chi connectivity index (χ3n) is 4.73. The number of carbonyl (C=O) groups excluding carboxylic acids is 1. The van der Waals surface area contributed by atoms with Crippen molar-refractivity contribution in [2.24, 2.45) is 5.41 Å². The summed E-state index contributed by atoms with van der Waals surface area (Å²) in [6, 6.07) is 9.45. The van der Waals surface area contributed by atoms with Crippen molar-refractivity contribution < 1.29 is 29.3 Å². The summed E-state index contributed by atoms with van der Waals surface area (Å²) in [5.41, 5.74) is -0.122. The Morgan fingerprint density at radius 1 is 1.31 bits per heavy atom. The van der Waals surface area contributed by atoms with Crippen molar-refractivity contribution in [2.75, 3.05) is 32.8 Å². The van der Waals surface area contributed by atoms with Gasteiger partial charge >= 0.3 is 11.9 Å². The maximum Gasteiger partial charge on any atom is 0.335 e. The number of carbonyl (C=O) groups is 2. The molecule has 0 aromatic heterocycles. The minimum absolute atomic E-state index is 0.222. The van der Waals surface area contributed by atoms with Crippen LogP contribution in [0.15, 0.2) is 30.3 Å². The van der Waals surface area contributed by atoms with Crippen LogP contribution in [0.5, 0.6) is 0 Å². The van der Waals surface area contributed by atoms with E-state index < -0.39 is 23.5 Å². The molecule has 0 bridgehead atoms. The molecule has 1 heterocycles. The fraction of sp³-hybridized carbons (Fsp3) is 0.579. The van der Waals surface area contributed by atoms with E-state index in [0.29, 0.717) is 39.1 Å². The molecule has 7 nitrogen and oxygen atoms in total. The number of nitrogens with zero attached hydrogens (tertiary/aromatic N) is 1. The number of aliphatic carboxylic acids is 1. The fourth-order valence-corrected chi connectivity index (χ4v) is 2.98. The summed E-state index contributed by atoms with van der Waals surface area (Å²) in [5.74, 6) is -1.35. The fourth-order valence-electron chi connectivity index (χ4n) is 2.98. The van der Waals surface area contributed by atoms with Gasteiger partial charge in [0.15, 0.2) is 6.10 Å². The molecule has 1 aromatic rings. The predicted octanol–water partition coefficient (Wildman–Crippen LogP) is 1.29. The molecule has 1 aliphatic rings. The summed E-state index contributed by atoms with van der Waals surface area (Å²) >= 11 is 0. The monoisotopic (exact) mass is 365 g/mol. The number of ether oxygens (including phenoxy) is 2. The Morgan fingerprint density at radius 2 is 2.04 bits per heavy atom. The van der Waals surface area contributed by atoms with Crippen molar-refractivity contribution in [3.63, 3.8) is 0 Å². The number of aliphatic hydroxyl groups excluding tert-OH is 1. The number of esters is 1. The minimum atomic E-state index is -1.05. The lowest BCUT2D eigenvalue weighted by atomic mass is 9.88. The predicted molar refractivity (Wildman–Crippen MR) is 94.5 cm³/mol. The molecule has 7 heteroatoms. The number of hydrogen-bond donors (Lipinski definition) is 2. The van der Waals surface area contributed by atoms with E-state index in [-0.39, 0.29) is 13.2 Å². The molecule has 1 aliphatic heterocycles. The molecule has 1 saturated heterocycles. The lowest BCUT2D eigenvalue weighted by Gasteiger charge is -2.22. The maximum absolute atomic E-state index is 11.9. The van der Waals surface area contributed by atoms with E-state index in [1.807, 2.05) is 35.2 Å². The summed E-state index contributed by atoms with van der Waals surface area (Å²) in [4.78, 5) is 25.2. The number of rotatable bonds is 10. The molecule has 144 valence electrons. The van der Waals surface area contributed by atoms with Crippen molar-refractivity contribution in [3.8, 4) is 0 Å². The van der Waals surface area contributed by atoms with Crippen LogP contribution in [-0.2, 0) is 25.7 Å². The van der Waals surface area contributed by atoms with Gasteiger partial charge in [-0.2, -0.15) is 0 Å². The van der Waals surface area contributed by atoms with Gasteiger partial charge in [-0.3, -0.25) is 4.79 Å². The molecule has 2 atom stereocenters. The van der Waals surface area contributed by atoms with Crippen LogP contribution < -0.4 is 0 Å². The van der Waals surface area contributed by atoms with Crippen LogP contribution in [0.2, 0.25) is 0 Å². The Hall–Kier alpha value is -1.96. The van der Waals surface area contributed by atoms with Crippen LogP contribution in [-0.4, -0.2) is 66.0 Å². The highest BCUT2D eigenvalue weighted by Crippen LogP contribution is 2.30. The van der Waals surface area contributed by atoms with E-state index in [2.05, 4.69) is 0 Å². The van der Waals surface area contributed by atoms with Gasteiger partial charge in [-0.05, 0) is 31.9 Å². The van der Waals surface area contributed by atoms with E-state index in [1.54, 1.807) is 6.92 Å². The zero-order chi connectivity index (χ0) is 19.0. The second kappa shape index (κ2) is 9.66. The summed E-state index contributed by atoms with van der Waals surface area (Å²) < 4.78 is 10.7. The van der Waals surface area contributed by atoms with E-state index in [4.69, 9.17) is 9.47 Å². The first-order chi connectivity index (χ1) is 12.5. The molecule has 2 unspecified atom stereocenters. The lowest BCUT2D eigenvalue weighted by molar-refractivity contribution is -0.157. The first-order valence-corrected chi connectivity index (χ1v) is 8.85. The number of carboxylic acids is 1. The van der Waals surface area contributed by atoms with Crippen molar-refractivity contribution in [3.05, 3.63) is 35.9 Å². The largest absolute Gasteiger partial charge is 0.481 e. The van der Waals surface area contributed by atoms with Crippen LogP contribution in [0.3, 0.4) is 0 Å². The molecule has 1 fully saturated rings. The minimum Gasteiger partial charge on any atom is -0.481 e. The van der Waals surface area contributed by atoms with Crippen LogP contribution in [0.25, 0.3) is 0 Å². The van der Waals surface area contributed by atoms with Gasteiger partial charge in [-0.15, -0.1) is 0 Å². The van der Waals surface area contributed by atoms with Crippen LogP contribution in [0, 0.1) is 5.41 Å². The van der Waals surface area contributed by atoms with Gasteiger partial charge in [0.25, 0.3) is 0 Å². The van der Waals surface area contributed by atoms with E-state index in [1.165, 1.54) is 0 Å². The zero-order valence-corrected chi connectivity index (χ0v) is 15.1. The molecule has 0 aliphatic carbocycles. The third kappa shape index (κ3) is 5.52.